The van der Waals surface area contributed by atoms with Gasteiger partial charge in [-0.25, -0.2) is 0 Å². The zero-order valence-electron chi connectivity index (χ0n) is 35.3. The predicted molar refractivity (Wildman–Crippen MR) is 267 cm³/mol. The van der Waals surface area contributed by atoms with Gasteiger partial charge in [0, 0.05) is 33.0 Å². The topological polar surface area (TPSA) is 8.17 Å². The van der Waals surface area contributed by atoms with Crippen LogP contribution in [0.5, 0.6) is 0 Å². The van der Waals surface area contributed by atoms with Crippen LogP contribution in [0.3, 0.4) is 0 Å². The molecule has 2 heteroatoms. The summed E-state index contributed by atoms with van der Waals surface area (Å²) in [5.74, 6) is 0. The highest BCUT2D eigenvalue weighted by molar-refractivity contribution is 6.16. The van der Waals surface area contributed by atoms with E-state index in [0.717, 1.165) is 33.8 Å². The molecule has 0 saturated heterocycles. The SMILES string of the molecule is CC1(C)c2ccccc2-c2ccc(-c3ccccc3N(c3ccccc3-c3cccc4cccc(-c5ccccc5)c34)c3cccc4c5ccccc5n(-c5ccccc5)c34)cc21. The molecule has 0 unspecified atom stereocenters. The zero-order valence-corrected chi connectivity index (χ0v) is 35.3. The first-order valence-electron chi connectivity index (χ1n) is 21.9. The Morgan fingerprint density at radius 1 is 0.365 bits per heavy atom. The Kier molecular flexibility index (Phi) is 8.55. The summed E-state index contributed by atoms with van der Waals surface area (Å²) in [5.41, 5.74) is 19.2. The number of rotatable bonds is 7. The van der Waals surface area contributed by atoms with Crippen molar-refractivity contribution in [3.63, 3.8) is 0 Å². The van der Waals surface area contributed by atoms with Crippen LogP contribution in [0.25, 0.3) is 82.8 Å². The van der Waals surface area contributed by atoms with Gasteiger partial charge in [-0.1, -0.05) is 202 Å². The van der Waals surface area contributed by atoms with E-state index in [-0.39, 0.29) is 5.41 Å². The van der Waals surface area contributed by atoms with E-state index in [1.807, 2.05) is 0 Å². The average Bonchev–Trinajstić information content (AvgIpc) is 3.81. The van der Waals surface area contributed by atoms with Crippen molar-refractivity contribution < 1.29 is 0 Å². The summed E-state index contributed by atoms with van der Waals surface area (Å²) in [6.45, 7) is 4.74. The molecule has 0 radical (unpaired) electrons. The van der Waals surface area contributed by atoms with Crippen LogP contribution in [0.2, 0.25) is 0 Å². The van der Waals surface area contributed by atoms with Crippen molar-refractivity contribution in [3.05, 3.63) is 242 Å². The highest BCUT2D eigenvalue weighted by Crippen LogP contribution is 2.53. The van der Waals surface area contributed by atoms with E-state index in [0.29, 0.717) is 0 Å². The molecular weight excluding hydrogens is 761 g/mol. The highest BCUT2D eigenvalue weighted by atomic mass is 15.2. The lowest BCUT2D eigenvalue weighted by molar-refractivity contribution is 0.660. The Bertz CT molecular complexity index is 3530. The molecule has 12 rings (SSSR count). The molecule has 0 N–H and O–H groups in total. The standard InChI is InChI=1S/C61H44N2/c1-61(2)53-33-13-9-27-47(53)48-39-38-43(40-54(48)61)45-26-10-14-34-55(45)63(58-37-19-32-52-50-29-12-15-35-56(50)62(60(52)58)44-24-7-4-8-25-44)57-36-16-11-28-49(57)51-31-18-23-42-22-17-30-46(59(42)51)41-20-5-3-6-21-41/h3-40H,1-2H3. The lowest BCUT2D eigenvalue weighted by Gasteiger charge is -2.31. The molecule has 0 amide bonds. The summed E-state index contributed by atoms with van der Waals surface area (Å²) in [7, 11) is 0. The Hall–Kier alpha value is -7.94. The van der Waals surface area contributed by atoms with Gasteiger partial charge < -0.3 is 9.47 Å². The largest absolute Gasteiger partial charge is 0.307 e. The van der Waals surface area contributed by atoms with Gasteiger partial charge in [-0.2, -0.15) is 0 Å². The summed E-state index contributed by atoms with van der Waals surface area (Å²) in [4.78, 5) is 2.54. The van der Waals surface area contributed by atoms with E-state index >= 15 is 0 Å². The van der Waals surface area contributed by atoms with E-state index in [2.05, 4.69) is 254 Å². The maximum Gasteiger partial charge on any atom is 0.0782 e. The fourth-order valence-electron chi connectivity index (χ4n) is 10.5. The van der Waals surface area contributed by atoms with Gasteiger partial charge in [0.2, 0.25) is 0 Å². The van der Waals surface area contributed by atoms with Gasteiger partial charge in [0.1, 0.15) is 0 Å². The van der Waals surface area contributed by atoms with Crippen molar-refractivity contribution in [3.8, 4) is 50.2 Å². The number of fused-ring (bicyclic) bond motifs is 7. The number of anilines is 3. The van der Waals surface area contributed by atoms with Gasteiger partial charge >= 0.3 is 0 Å². The zero-order chi connectivity index (χ0) is 42.1. The minimum Gasteiger partial charge on any atom is -0.307 e. The molecule has 10 aromatic carbocycles. The lowest BCUT2D eigenvalue weighted by atomic mass is 9.81. The van der Waals surface area contributed by atoms with Crippen molar-refractivity contribution in [2.75, 3.05) is 4.90 Å². The average molecular weight is 805 g/mol. The second-order valence-electron chi connectivity index (χ2n) is 17.2. The second kappa shape index (κ2) is 14.6. The molecule has 1 aliphatic carbocycles. The van der Waals surface area contributed by atoms with Crippen LogP contribution in [-0.2, 0) is 5.41 Å². The molecule has 0 saturated carbocycles. The van der Waals surface area contributed by atoms with Gasteiger partial charge in [0.15, 0.2) is 0 Å². The summed E-state index contributed by atoms with van der Waals surface area (Å²) in [6, 6.07) is 84.8. The maximum atomic E-state index is 2.54. The molecule has 0 aliphatic heterocycles. The van der Waals surface area contributed by atoms with E-state index in [4.69, 9.17) is 0 Å². The minimum absolute atomic E-state index is 0.129. The Morgan fingerprint density at radius 3 is 1.71 bits per heavy atom. The fraction of sp³-hybridized carbons (Fsp3) is 0.0492. The Morgan fingerprint density at radius 2 is 0.921 bits per heavy atom. The van der Waals surface area contributed by atoms with E-state index in [1.54, 1.807) is 0 Å². The molecule has 11 aromatic rings. The van der Waals surface area contributed by atoms with Crippen LogP contribution < -0.4 is 4.90 Å². The van der Waals surface area contributed by atoms with Crippen LogP contribution >= 0.6 is 0 Å². The first-order chi connectivity index (χ1) is 31.1. The van der Waals surface area contributed by atoms with Gasteiger partial charge in [0.05, 0.1) is 28.1 Å². The first-order valence-corrected chi connectivity index (χ1v) is 21.9. The smallest absolute Gasteiger partial charge is 0.0782 e. The quantitative estimate of drug-likeness (QED) is 0.156. The Balaban J connectivity index is 1.17. The number of hydrogen-bond donors (Lipinski definition) is 0. The van der Waals surface area contributed by atoms with Crippen LogP contribution in [0, 0.1) is 0 Å². The van der Waals surface area contributed by atoms with Crippen molar-refractivity contribution in [2.45, 2.75) is 19.3 Å². The number of benzene rings is 10. The molecule has 0 bridgehead atoms. The molecule has 63 heavy (non-hydrogen) atoms. The molecular formula is C61H44N2. The molecule has 2 nitrogen and oxygen atoms in total. The summed E-state index contributed by atoms with van der Waals surface area (Å²) in [5, 5.41) is 4.88. The van der Waals surface area contributed by atoms with Crippen molar-refractivity contribution in [1.82, 2.24) is 4.57 Å². The third-order valence-corrected chi connectivity index (χ3v) is 13.4. The van der Waals surface area contributed by atoms with Gasteiger partial charge in [-0.15, -0.1) is 0 Å². The van der Waals surface area contributed by atoms with Crippen LogP contribution in [0.15, 0.2) is 231 Å². The van der Waals surface area contributed by atoms with E-state index < -0.39 is 0 Å². The van der Waals surface area contributed by atoms with E-state index in [1.165, 1.54) is 77.1 Å². The minimum atomic E-state index is -0.129. The number of nitrogens with zero attached hydrogens (tertiary/aromatic N) is 2. The second-order valence-corrected chi connectivity index (χ2v) is 17.2. The number of para-hydroxylation sites is 5. The van der Waals surface area contributed by atoms with Crippen molar-refractivity contribution >= 4 is 49.6 Å². The lowest BCUT2D eigenvalue weighted by Crippen LogP contribution is -2.15. The number of aromatic nitrogens is 1. The molecule has 1 heterocycles. The van der Waals surface area contributed by atoms with Crippen molar-refractivity contribution in [2.24, 2.45) is 0 Å². The molecule has 0 spiro atoms. The summed E-state index contributed by atoms with van der Waals surface area (Å²) in [6.07, 6.45) is 0. The number of hydrogen-bond acceptors (Lipinski definition) is 1. The molecule has 0 fully saturated rings. The Labute approximate surface area is 368 Å². The molecule has 0 atom stereocenters. The molecule has 1 aromatic heterocycles. The van der Waals surface area contributed by atoms with Gasteiger partial charge in [-0.05, 0) is 97.7 Å². The van der Waals surface area contributed by atoms with Crippen LogP contribution in [0.4, 0.5) is 17.1 Å². The van der Waals surface area contributed by atoms with Crippen LogP contribution in [0.1, 0.15) is 25.0 Å². The molecule has 1 aliphatic rings. The first kappa shape index (κ1) is 36.9. The molecule has 298 valence electrons. The maximum absolute atomic E-state index is 2.54. The third-order valence-electron chi connectivity index (χ3n) is 13.4. The summed E-state index contributed by atoms with van der Waals surface area (Å²) >= 11 is 0. The van der Waals surface area contributed by atoms with E-state index in [9.17, 15) is 0 Å². The monoisotopic (exact) mass is 804 g/mol. The third kappa shape index (κ3) is 5.79. The van der Waals surface area contributed by atoms with Gasteiger partial charge in [-0.3, -0.25) is 0 Å². The normalized spacial score (nSPS) is 12.7. The van der Waals surface area contributed by atoms with Crippen LogP contribution in [-0.4, -0.2) is 4.57 Å². The highest BCUT2D eigenvalue weighted by Gasteiger charge is 2.35. The van der Waals surface area contributed by atoms with Gasteiger partial charge in [0.25, 0.3) is 0 Å². The summed E-state index contributed by atoms with van der Waals surface area (Å²) < 4.78 is 2.46. The predicted octanol–water partition coefficient (Wildman–Crippen LogP) is 16.7. The van der Waals surface area contributed by atoms with Crippen molar-refractivity contribution in [1.29, 1.82) is 0 Å². The fourth-order valence-corrected chi connectivity index (χ4v) is 10.5.